The minimum Gasteiger partial charge on any atom is -0.481 e. The molecule has 142 valence electrons. The predicted octanol–water partition coefficient (Wildman–Crippen LogP) is 4.19. The molecule has 2 aliphatic carbocycles. The van der Waals surface area contributed by atoms with Crippen molar-refractivity contribution < 1.29 is 19.8 Å². The third-order valence-electron chi connectivity index (χ3n) is 6.50. The molecule has 0 saturated heterocycles. The summed E-state index contributed by atoms with van der Waals surface area (Å²) in [5, 5.41) is 22.0. The number of nitrogens with zero attached hydrogens (tertiary/aromatic N) is 1. The highest BCUT2D eigenvalue weighted by Gasteiger charge is 2.44. The lowest BCUT2D eigenvalue weighted by atomic mass is 9.65. The van der Waals surface area contributed by atoms with Crippen molar-refractivity contribution >= 4 is 11.9 Å². The van der Waals surface area contributed by atoms with E-state index in [2.05, 4.69) is 5.18 Å². The third-order valence-corrected chi connectivity index (χ3v) is 6.50. The minimum atomic E-state index is -0.663. The first-order valence-electron chi connectivity index (χ1n) is 9.73. The topological polar surface area (TPSA) is 104 Å². The summed E-state index contributed by atoms with van der Waals surface area (Å²) in [6, 6.07) is 0. The Morgan fingerprint density at radius 2 is 1.36 bits per heavy atom. The first kappa shape index (κ1) is 20.0. The van der Waals surface area contributed by atoms with Crippen molar-refractivity contribution in [2.24, 2.45) is 16.0 Å². The van der Waals surface area contributed by atoms with Gasteiger partial charge in [0.2, 0.25) is 0 Å². The van der Waals surface area contributed by atoms with Crippen LogP contribution in [0.2, 0.25) is 0 Å². The first-order chi connectivity index (χ1) is 11.9. The number of unbranched alkanes of at least 4 members (excludes halogenated alkanes) is 2. The van der Waals surface area contributed by atoms with Crippen molar-refractivity contribution in [3.63, 3.8) is 0 Å². The van der Waals surface area contributed by atoms with Gasteiger partial charge in [-0.05, 0) is 51.4 Å². The van der Waals surface area contributed by atoms with Crippen molar-refractivity contribution in [1.29, 1.82) is 0 Å². The number of aliphatic hydroxyl groups excluding tert-OH is 1. The first-order valence-corrected chi connectivity index (χ1v) is 9.73. The molecule has 0 radical (unpaired) electrons. The molecule has 0 spiro atoms. The van der Waals surface area contributed by atoms with Crippen molar-refractivity contribution in [2.75, 3.05) is 0 Å². The molecule has 2 N–H and O–H groups in total. The van der Waals surface area contributed by atoms with Crippen molar-refractivity contribution in [1.82, 2.24) is 0 Å². The molecule has 6 heteroatoms. The number of aliphatic carboxylic acids is 1. The van der Waals surface area contributed by atoms with Gasteiger partial charge < -0.3 is 10.2 Å². The Morgan fingerprint density at radius 3 is 1.72 bits per heavy atom. The van der Waals surface area contributed by atoms with Crippen LogP contribution < -0.4 is 0 Å². The molecule has 1 atom stereocenters. The molecule has 0 heterocycles. The fourth-order valence-electron chi connectivity index (χ4n) is 4.28. The summed E-state index contributed by atoms with van der Waals surface area (Å²) in [5.41, 5.74) is -0.984. The van der Waals surface area contributed by atoms with E-state index in [4.69, 9.17) is 0 Å². The molecule has 1 unspecified atom stereocenters. The maximum absolute atomic E-state index is 11.6. The van der Waals surface area contributed by atoms with Gasteiger partial charge in [-0.15, -0.1) is 4.91 Å². The normalized spacial score (nSPS) is 21.6. The molecule has 6 nitrogen and oxygen atoms in total. The van der Waals surface area contributed by atoms with Gasteiger partial charge in [-0.25, -0.2) is 0 Å². The number of amides is 1. The van der Waals surface area contributed by atoms with Gasteiger partial charge in [0.05, 0.1) is 16.9 Å². The van der Waals surface area contributed by atoms with Gasteiger partial charge in [0.15, 0.2) is 0 Å². The van der Waals surface area contributed by atoms with Crippen molar-refractivity contribution in [3.8, 4) is 0 Å². The number of carboxylic acid groups (broad SMARTS) is 1. The molecule has 0 aromatic heterocycles. The smallest absolute Gasteiger partial charge is 0.309 e. The Hall–Kier alpha value is -1.30. The van der Waals surface area contributed by atoms with Crippen LogP contribution in [0.25, 0.3) is 0 Å². The highest BCUT2D eigenvalue weighted by molar-refractivity contribution is 5.84. The summed E-state index contributed by atoms with van der Waals surface area (Å²) < 4.78 is 0. The van der Waals surface area contributed by atoms with E-state index in [1.54, 1.807) is 0 Å². The zero-order valence-electron chi connectivity index (χ0n) is 15.0. The molecule has 0 aromatic carbocycles. The number of hydrogen-bond donors (Lipinski definition) is 2. The van der Waals surface area contributed by atoms with Crippen LogP contribution in [0.1, 0.15) is 89.9 Å². The second kappa shape index (κ2) is 8.88. The Labute approximate surface area is 149 Å². The molecule has 1 amide bonds. The van der Waals surface area contributed by atoms with Crippen LogP contribution in [0.3, 0.4) is 0 Å². The molecular formula is C19H31NO5. The van der Waals surface area contributed by atoms with E-state index >= 15 is 0 Å². The van der Waals surface area contributed by atoms with Crippen LogP contribution in [0.15, 0.2) is 5.18 Å². The summed E-state index contributed by atoms with van der Waals surface area (Å²) in [5.74, 6) is -1.16. The van der Waals surface area contributed by atoms with E-state index in [1.165, 1.54) is 0 Å². The molecule has 25 heavy (non-hydrogen) atoms. The van der Waals surface area contributed by atoms with Crippen LogP contribution in [0, 0.1) is 15.7 Å². The van der Waals surface area contributed by atoms with Gasteiger partial charge in [0.25, 0.3) is 5.91 Å². The average molecular weight is 353 g/mol. The zero-order chi connectivity index (χ0) is 18.3. The Bertz CT molecular complexity index is 482. The van der Waals surface area contributed by atoms with Crippen molar-refractivity contribution in [2.45, 2.75) is 96.0 Å². The van der Waals surface area contributed by atoms with Gasteiger partial charge in [0, 0.05) is 5.18 Å². The molecule has 0 aromatic rings. The van der Waals surface area contributed by atoms with Gasteiger partial charge >= 0.3 is 5.97 Å². The van der Waals surface area contributed by atoms with Crippen LogP contribution >= 0.6 is 0 Å². The molecule has 2 saturated carbocycles. The third kappa shape index (κ3) is 4.87. The Morgan fingerprint density at radius 1 is 0.880 bits per heavy atom. The average Bonchev–Trinajstić information content (AvgIpc) is 2.50. The summed E-state index contributed by atoms with van der Waals surface area (Å²) >= 11 is 0. The molecule has 0 aliphatic heterocycles. The Balaban J connectivity index is 1.54. The van der Waals surface area contributed by atoms with Crippen molar-refractivity contribution in [3.05, 3.63) is 4.91 Å². The maximum atomic E-state index is 11.6. The number of nitroso groups, excluding NO2 is 1. The zero-order valence-corrected chi connectivity index (χ0v) is 15.0. The lowest BCUT2D eigenvalue weighted by Gasteiger charge is -2.38. The number of carbonyl (C=O) groups excluding carboxylic acids is 1. The summed E-state index contributed by atoms with van der Waals surface area (Å²) in [4.78, 5) is 33.4. The van der Waals surface area contributed by atoms with E-state index in [1.807, 2.05) is 0 Å². The predicted molar refractivity (Wildman–Crippen MR) is 93.9 cm³/mol. The number of carboxylic acids is 1. The quantitative estimate of drug-likeness (QED) is 0.404. The summed E-state index contributed by atoms with van der Waals surface area (Å²) in [6.07, 6.45) is 11.0. The second-order valence-corrected chi connectivity index (χ2v) is 8.11. The number of hydrogen-bond acceptors (Lipinski definition) is 4. The van der Waals surface area contributed by atoms with Crippen LogP contribution in [-0.4, -0.2) is 28.2 Å². The number of aliphatic hydroxyl groups is 1. The summed E-state index contributed by atoms with van der Waals surface area (Å²) in [7, 11) is 0. The van der Waals surface area contributed by atoms with Gasteiger partial charge in [-0.3, -0.25) is 9.59 Å². The second-order valence-electron chi connectivity index (χ2n) is 8.11. The molecule has 0 bridgehead atoms. The lowest BCUT2D eigenvalue weighted by Crippen LogP contribution is -2.37. The van der Waals surface area contributed by atoms with Gasteiger partial charge in [-0.2, -0.15) is 0 Å². The minimum absolute atomic E-state index is 0.362. The van der Waals surface area contributed by atoms with E-state index < -0.39 is 22.7 Å². The molecule has 2 aliphatic rings. The lowest BCUT2D eigenvalue weighted by molar-refractivity contribution is -0.155. The fraction of sp³-hybridized carbons (Fsp3) is 0.895. The SMILES string of the molecule is O=NC(=O)C1(CCCCC(O)CCCCC2(C(=O)O)CCC2)CCC1. The van der Waals surface area contributed by atoms with Gasteiger partial charge in [-0.1, -0.05) is 38.5 Å². The largest absolute Gasteiger partial charge is 0.481 e. The molecule has 2 rings (SSSR count). The fourth-order valence-corrected chi connectivity index (χ4v) is 4.28. The van der Waals surface area contributed by atoms with E-state index in [0.717, 1.165) is 70.6 Å². The van der Waals surface area contributed by atoms with E-state index in [-0.39, 0.29) is 6.10 Å². The Kier molecular flexibility index (Phi) is 7.11. The van der Waals surface area contributed by atoms with E-state index in [9.17, 15) is 24.7 Å². The number of rotatable bonds is 12. The highest BCUT2D eigenvalue weighted by Crippen LogP contribution is 2.46. The van der Waals surface area contributed by atoms with Crippen LogP contribution in [-0.2, 0) is 9.59 Å². The summed E-state index contributed by atoms with van der Waals surface area (Å²) in [6.45, 7) is 0. The van der Waals surface area contributed by atoms with E-state index in [0.29, 0.717) is 19.3 Å². The van der Waals surface area contributed by atoms with Crippen LogP contribution in [0.4, 0.5) is 0 Å². The van der Waals surface area contributed by atoms with Crippen LogP contribution in [0.5, 0.6) is 0 Å². The molecular weight excluding hydrogens is 322 g/mol. The molecule has 2 fully saturated rings. The highest BCUT2D eigenvalue weighted by atomic mass is 16.4. The van der Waals surface area contributed by atoms with Gasteiger partial charge in [0.1, 0.15) is 0 Å². The standard InChI is InChI=1S/C19H31NO5/c21-15(8-2-4-10-19(17(23)24)13-6-14-19)7-1-3-9-18(11-5-12-18)16(22)20-25/h15,21H,1-14H2,(H,23,24). The monoisotopic (exact) mass is 353 g/mol. The number of carbonyl (C=O) groups is 2. The maximum Gasteiger partial charge on any atom is 0.309 e.